The topological polar surface area (TPSA) is 23.6 Å². The fraction of sp³-hybridized carbons (Fsp3) is 0.929. The molecule has 1 amide bonds. The van der Waals surface area contributed by atoms with Crippen molar-refractivity contribution in [3.63, 3.8) is 0 Å². The quantitative estimate of drug-likeness (QED) is 0.744. The van der Waals surface area contributed by atoms with Gasteiger partial charge in [-0.25, -0.2) is 0 Å². The fourth-order valence-electron chi connectivity index (χ4n) is 3.88. The van der Waals surface area contributed by atoms with Gasteiger partial charge in [0.25, 0.3) is 0 Å². The van der Waals surface area contributed by atoms with E-state index in [9.17, 15) is 4.79 Å². The summed E-state index contributed by atoms with van der Waals surface area (Å²) in [5, 5.41) is 1.04. The summed E-state index contributed by atoms with van der Waals surface area (Å²) in [6.45, 7) is 5.11. The van der Waals surface area contributed by atoms with Gasteiger partial charge in [0.1, 0.15) is 0 Å². The summed E-state index contributed by atoms with van der Waals surface area (Å²) in [6, 6.07) is 0. The normalized spacial score (nSPS) is 36.3. The summed E-state index contributed by atoms with van der Waals surface area (Å²) in [4.78, 5) is 17.1. The Kier molecular flexibility index (Phi) is 3.94. The molecule has 0 radical (unpaired) electrons. The van der Waals surface area contributed by atoms with Crippen LogP contribution in [0.4, 0.5) is 0 Å². The maximum absolute atomic E-state index is 12.5. The summed E-state index contributed by atoms with van der Waals surface area (Å²) in [7, 11) is 0. The zero-order valence-electron chi connectivity index (χ0n) is 11.0. The largest absolute Gasteiger partial charge is 0.340 e. The van der Waals surface area contributed by atoms with E-state index in [0.717, 1.165) is 49.9 Å². The minimum atomic E-state index is 0.412. The van der Waals surface area contributed by atoms with E-state index in [2.05, 4.69) is 25.7 Å². The van der Waals surface area contributed by atoms with E-state index >= 15 is 0 Å². The van der Waals surface area contributed by atoms with Crippen molar-refractivity contribution >= 4 is 21.8 Å². The van der Waals surface area contributed by atoms with E-state index in [4.69, 9.17) is 0 Å². The molecule has 2 atom stereocenters. The van der Waals surface area contributed by atoms with Crippen LogP contribution >= 0.6 is 15.9 Å². The number of hydrogen-bond acceptors (Lipinski definition) is 2. The smallest absolute Gasteiger partial charge is 0.226 e. The highest BCUT2D eigenvalue weighted by Crippen LogP contribution is 2.56. The molecule has 1 heterocycles. The average Bonchev–Trinajstić information content (AvgIpc) is 3.13. The van der Waals surface area contributed by atoms with Crippen molar-refractivity contribution in [1.82, 2.24) is 9.80 Å². The predicted octanol–water partition coefficient (Wildman–Crippen LogP) is 1.96. The molecule has 102 valence electrons. The number of alkyl halides is 1. The number of nitrogens with zero attached hydrogens (tertiary/aromatic N) is 2. The van der Waals surface area contributed by atoms with Crippen molar-refractivity contribution in [2.45, 2.75) is 25.7 Å². The molecule has 0 aromatic rings. The number of piperazine rings is 1. The molecule has 3 rings (SSSR count). The van der Waals surface area contributed by atoms with Crippen molar-refractivity contribution < 1.29 is 4.79 Å². The van der Waals surface area contributed by atoms with Gasteiger partial charge in [-0.15, -0.1) is 0 Å². The van der Waals surface area contributed by atoms with Crippen LogP contribution in [0.3, 0.4) is 0 Å². The summed E-state index contributed by atoms with van der Waals surface area (Å²) < 4.78 is 0. The highest BCUT2D eigenvalue weighted by atomic mass is 79.9. The van der Waals surface area contributed by atoms with Gasteiger partial charge in [0, 0.05) is 44.0 Å². The highest BCUT2D eigenvalue weighted by molar-refractivity contribution is 9.09. The van der Waals surface area contributed by atoms with Crippen LogP contribution in [0.15, 0.2) is 0 Å². The summed E-state index contributed by atoms with van der Waals surface area (Å²) in [6.07, 6.45) is 5.32. The summed E-state index contributed by atoms with van der Waals surface area (Å²) in [5.41, 5.74) is 0. The van der Waals surface area contributed by atoms with Gasteiger partial charge in [-0.1, -0.05) is 28.8 Å². The third-order valence-corrected chi connectivity index (χ3v) is 5.38. The highest BCUT2D eigenvalue weighted by Gasteiger charge is 2.55. The predicted molar refractivity (Wildman–Crippen MR) is 75.8 cm³/mol. The molecular weight excluding hydrogens is 292 g/mol. The first-order valence-corrected chi connectivity index (χ1v) is 8.50. The van der Waals surface area contributed by atoms with Crippen LogP contribution in [-0.4, -0.2) is 53.8 Å². The van der Waals surface area contributed by atoms with Crippen LogP contribution in [0.25, 0.3) is 0 Å². The van der Waals surface area contributed by atoms with Gasteiger partial charge in [0.05, 0.1) is 0 Å². The Bertz CT molecular complexity index is 303. The van der Waals surface area contributed by atoms with Crippen molar-refractivity contribution in [2.24, 2.45) is 17.8 Å². The Morgan fingerprint density at radius 3 is 2.22 bits per heavy atom. The molecule has 3 nitrogen and oxygen atoms in total. The minimum Gasteiger partial charge on any atom is -0.340 e. The Labute approximate surface area is 118 Å². The first kappa shape index (κ1) is 12.9. The first-order chi connectivity index (χ1) is 8.81. The van der Waals surface area contributed by atoms with E-state index in [1.54, 1.807) is 0 Å². The molecule has 1 aliphatic heterocycles. The van der Waals surface area contributed by atoms with Gasteiger partial charge in [0.2, 0.25) is 5.91 Å². The number of rotatable bonds is 3. The molecule has 0 aromatic carbocycles. The Hall–Kier alpha value is -0.0900. The molecule has 3 fully saturated rings. The number of halogens is 1. The number of hydrogen-bond donors (Lipinski definition) is 0. The third-order valence-electron chi connectivity index (χ3n) is 5.03. The molecule has 18 heavy (non-hydrogen) atoms. The number of amides is 1. The average molecular weight is 315 g/mol. The second-order valence-corrected chi connectivity index (χ2v) is 6.79. The van der Waals surface area contributed by atoms with Gasteiger partial charge >= 0.3 is 0 Å². The molecular formula is C14H23BrN2O. The monoisotopic (exact) mass is 314 g/mol. The maximum Gasteiger partial charge on any atom is 0.226 e. The SMILES string of the molecule is O=C(C1C2CCCCC21)N1CCN(CCBr)CC1. The Morgan fingerprint density at radius 1 is 1.06 bits per heavy atom. The molecule has 2 saturated carbocycles. The molecule has 3 aliphatic rings. The van der Waals surface area contributed by atoms with Crippen LogP contribution in [-0.2, 0) is 4.79 Å². The van der Waals surface area contributed by atoms with Crippen molar-refractivity contribution in [1.29, 1.82) is 0 Å². The van der Waals surface area contributed by atoms with Crippen molar-refractivity contribution in [2.75, 3.05) is 38.1 Å². The van der Waals surface area contributed by atoms with E-state index in [1.165, 1.54) is 25.7 Å². The standard InChI is InChI=1S/C14H23BrN2O/c15-5-6-16-7-9-17(10-8-16)14(18)13-11-3-1-2-4-12(11)13/h11-13H,1-10H2. The molecule has 0 aromatic heterocycles. The van der Waals surface area contributed by atoms with Crippen LogP contribution in [0.1, 0.15) is 25.7 Å². The van der Waals surface area contributed by atoms with Crippen LogP contribution in [0, 0.1) is 17.8 Å². The molecule has 2 unspecified atom stereocenters. The van der Waals surface area contributed by atoms with Gasteiger partial charge in [-0.2, -0.15) is 0 Å². The van der Waals surface area contributed by atoms with E-state index < -0.39 is 0 Å². The second kappa shape index (κ2) is 5.49. The molecule has 0 N–H and O–H groups in total. The van der Waals surface area contributed by atoms with Gasteiger partial charge in [-0.3, -0.25) is 9.69 Å². The van der Waals surface area contributed by atoms with Crippen molar-refractivity contribution in [3.8, 4) is 0 Å². The van der Waals surface area contributed by atoms with E-state index in [0.29, 0.717) is 11.8 Å². The van der Waals surface area contributed by atoms with Crippen molar-refractivity contribution in [3.05, 3.63) is 0 Å². The zero-order valence-corrected chi connectivity index (χ0v) is 12.6. The number of carbonyl (C=O) groups excluding carboxylic acids is 1. The molecule has 1 saturated heterocycles. The lowest BCUT2D eigenvalue weighted by molar-refractivity contribution is -0.134. The minimum absolute atomic E-state index is 0.412. The van der Waals surface area contributed by atoms with Gasteiger partial charge in [0.15, 0.2) is 0 Å². The first-order valence-electron chi connectivity index (χ1n) is 7.38. The van der Waals surface area contributed by atoms with Gasteiger partial charge < -0.3 is 4.90 Å². The van der Waals surface area contributed by atoms with Crippen LogP contribution < -0.4 is 0 Å². The second-order valence-electron chi connectivity index (χ2n) is 5.99. The number of carbonyl (C=O) groups is 1. The summed E-state index contributed by atoms with van der Waals surface area (Å²) in [5.74, 6) is 2.40. The number of fused-ring (bicyclic) bond motifs is 1. The van der Waals surface area contributed by atoms with E-state index in [1.807, 2.05) is 0 Å². The fourth-order valence-corrected chi connectivity index (χ4v) is 4.38. The summed E-state index contributed by atoms with van der Waals surface area (Å²) >= 11 is 3.48. The van der Waals surface area contributed by atoms with Crippen LogP contribution in [0.5, 0.6) is 0 Å². The Balaban J connectivity index is 1.49. The van der Waals surface area contributed by atoms with Gasteiger partial charge in [-0.05, 0) is 24.7 Å². The lowest BCUT2D eigenvalue weighted by Gasteiger charge is -2.34. The molecule has 2 aliphatic carbocycles. The van der Waals surface area contributed by atoms with Crippen LogP contribution in [0.2, 0.25) is 0 Å². The zero-order chi connectivity index (χ0) is 12.5. The third kappa shape index (κ3) is 2.46. The molecule has 4 heteroatoms. The maximum atomic E-state index is 12.5. The lowest BCUT2D eigenvalue weighted by Crippen LogP contribution is -2.49. The molecule has 0 bridgehead atoms. The Morgan fingerprint density at radius 2 is 1.67 bits per heavy atom. The lowest BCUT2D eigenvalue weighted by atomic mass is 10.0. The van der Waals surface area contributed by atoms with E-state index in [-0.39, 0.29) is 0 Å². The molecule has 0 spiro atoms.